The molecule has 4 N–H and O–H groups in total. The molecule has 0 aliphatic heterocycles. The van der Waals surface area contributed by atoms with Gasteiger partial charge in [0.15, 0.2) is 0 Å². The third-order valence-corrected chi connectivity index (χ3v) is 3.50. The molecule has 0 radical (unpaired) electrons. The summed E-state index contributed by atoms with van der Waals surface area (Å²) < 4.78 is 0. The lowest BCUT2D eigenvalue weighted by Crippen LogP contribution is -2.32. The highest BCUT2D eigenvalue weighted by molar-refractivity contribution is 5.49. The van der Waals surface area contributed by atoms with Crippen molar-refractivity contribution in [3.8, 4) is 11.5 Å². The molecule has 82 valence electrons. The summed E-state index contributed by atoms with van der Waals surface area (Å²) in [5.74, 6) is 0.338. The maximum absolute atomic E-state index is 9.83. The van der Waals surface area contributed by atoms with E-state index in [1.165, 1.54) is 0 Å². The Hall–Kier alpha value is -1.22. The first-order valence-corrected chi connectivity index (χ1v) is 5.41. The second kappa shape index (κ2) is 3.74. The van der Waals surface area contributed by atoms with Crippen LogP contribution >= 0.6 is 0 Å². The molecule has 1 aliphatic rings. The van der Waals surface area contributed by atoms with E-state index in [1.807, 2.05) is 0 Å². The Morgan fingerprint density at radius 3 is 2.13 bits per heavy atom. The van der Waals surface area contributed by atoms with Crippen molar-refractivity contribution in [1.29, 1.82) is 0 Å². The summed E-state index contributed by atoms with van der Waals surface area (Å²) in [5, 5.41) is 19.7. The van der Waals surface area contributed by atoms with Crippen molar-refractivity contribution in [3.63, 3.8) is 0 Å². The molecule has 0 spiro atoms. The predicted molar refractivity (Wildman–Crippen MR) is 59.0 cm³/mol. The molecular weight excluding hydrogens is 190 g/mol. The summed E-state index contributed by atoms with van der Waals surface area (Å²) in [6.07, 6.45) is 4.14. The highest BCUT2D eigenvalue weighted by Gasteiger charge is 2.38. The maximum Gasteiger partial charge on any atom is 0.123 e. The fraction of sp³-hybridized carbons (Fsp3) is 0.500. The van der Waals surface area contributed by atoms with Gasteiger partial charge in [0.1, 0.15) is 11.5 Å². The van der Waals surface area contributed by atoms with E-state index in [-0.39, 0.29) is 16.9 Å². The summed E-state index contributed by atoms with van der Waals surface area (Å²) in [6, 6.07) is 4.88. The van der Waals surface area contributed by atoms with Gasteiger partial charge in [-0.3, -0.25) is 0 Å². The number of aromatic hydroxyl groups is 2. The molecule has 1 aliphatic carbocycles. The van der Waals surface area contributed by atoms with E-state index < -0.39 is 0 Å². The summed E-state index contributed by atoms with van der Waals surface area (Å²) in [7, 11) is 0. The molecule has 1 fully saturated rings. The van der Waals surface area contributed by atoms with E-state index in [1.54, 1.807) is 18.2 Å². The molecule has 1 aromatic carbocycles. The van der Waals surface area contributed by atoms with Crippen LogP contribution in [0.4, 0.5) is 0 Å². The number of nitrogens with two attached hydrogens (primary N) is 1. The Morgan fingerprint density at radius 2 is 1.67 bits per heavy atom. The lowest BCUT2D eigenvalue weighted by Gasteiger charge is -2.29. The normalized spacial score (nSPS) is 19.3. The summed E-state index contributed by atoms with van der Waals surface area (Å²) in [6.45, 7) is 0.484. The largest absolute Gasteiger partial charge is 0.508 e. The van der Waals surface area contributed by atoms with Crippen LogP contribution in [0.3, 0.4) is 0 Å². The van der Waals surface area contributed by atoms with Crippen LogP contribution in [-0.4, -0.2) is 16.8 Å². The van der Waals surface area contributed by atoms with E-state index >= 15 is 0 Å². The smallest absolute Gasteiger partial charge is 0.123 e. The Morgan fingerprint density at radius 1 is 1.13 bits per heavy atom. The number of phenolic OH excluding ortho intramolecular Hbond substituents is 2. The molecule has 0 saturated heterocycles. The Bertz CT molecular complexity index is 336. The zero-order valence-corrected chi connectivity index (χ0v) is 8.74. The van der Waals surface area contributed by atoms with Crippen molar-refractivity contribution in [1.82, 2.24) is 0 Å². The lowest BCUT2D eigenvalue weighted by molar-refractivity contribution is 0.375. The molecule has 0 aromatic heterocycles. The van der Waals surface area contributed by atoms with E-state index in [9.17, 15) is 10.2 Å². The maximum atomic E-state index is 9.83. The molecule has 3 heteroatoms. The SMILES string of the molecule is NCC1(c2c(O)cccc2O)CCCC1. The van der Waals surface area contributed by atoms with E-state index in [0.717, 1.165) is 25.7 Å². The molecule has 3 nitrogen and oxygen atoms in total. The van der Waals surface area contributed by atoms with Gasteiger partial charge in [0.05, 0.1) is 0 Å². The standard InChI is InChI=1S/C12H17NO2/c13-8-12(6-1-2-7-12)11-9(14)4-3-5-10(11)15/h3-5,14-15H,1-2,6-8,13H2. The van der Waals surface area contributed by atoms with Crippen molar-refractivity contribution in [2.24, 2.45) is 5.73 Å². The zero-order valence-electron chi connectivity index (χ0n) is 8.74. The van der Waals surface area contributed by atoms with Crippen LogP contribution in [0.1, 0.15) is 31.2 Å². The van der Waals surface area contributed by atoms with Crippen LogP contribution in [-0.2, 0) is 5.41 Å². The lowest BCUT2D eigenvalue weighted by atomic mass is 9.78. The van der Waals surface area contributed by atoms with Gasteiger partial charge in [0.25, 0.3) is 0 Å². The summed E-state index contributed by atoms with van der Waals surface area (Å²) in [5.41, 5.74) is 6.25. The van der Waals surface area contributed by atoms with Crippen molar-refractivity contribution in [2.45, 2.75) is 31.1 Å². The highest BCUT2D eigenvalue weighted by Crippen LogP contribution is 2.47. The molecular formula is C12H17NO2. The molecule has 15 heavy (non-hydrogen) atoms. The number of rotatable bonds is 2. The van der Waals surface area contributed by atoms with Gasteiger partial charge in [0, 0.05) is 17.5 Å². The third-order valence-electron chi connectivity index (χ3n) is 3.50. The Labute approximate surface area is 89.5 Å². The third kappa shape index (κ3) is 1.57. The van der Waals surface area contributed by atoms with E-state index in [2.05, 4.69) is 0 Å². The van der Waals surface area contributed by atoms with Crippen molar-refractivity contribution >= 4 is 0 Å². The van der Waals surface area contributed by atoms with Crippen molar-refractivity contribution < 1.29 is 10.2 Å². The van der Waals surface area contributed by atoms with Crippen LogP contribution in [0.15, 0.2) is 18.2 Å². The predicted octanol–water partition coefficient (Wildman–Crippen LogP) is 1.87. The topological polar surface area (TPSA) is 66.5 Å². The van der Waals surface area contributed by atoms with Gasteiger partial charge in [-0.15, -0.1) is 0 Å². The first-order valence-electron chi connectivity index (χ1n) is 5.41. The fourth-order valence-electron chi connectivity index (χ4n) is 2.68. The van der Waals surface area contributed by atoms with Crippen LogP contribution < -0.4 is 5.73 Å². The van der Waals surface area contributed by atoms with E-state index in [4.69, 9.17) is 5.73 Å². The molecule has 0 unspecified atom stereocenters. The van der Waals surface area contributed by atoms with Crippen LogP contribution in [0, 0.1) is 0 Å². The van der Waals surface area contributed by atoms with Gasteiger partial charge in [-0.2, -0.15) is 0 Å². The number of phenols is 2. The minimum Gasteiger partial charge on any atom is -0.508 e. The average Bonchev–Trinajstić information content (AvgIpc) is 2.67. The van der Waals surface area contributed by atoms with Gasteiger partial charge in [-0.1, -0.05) is 18.9 Å². The van der Waals surface area contributed by atoms with Crippen molar-refractivity contribution in [2.75, 3.05) is 6.54 Å². The average molecular weight is 207 g/mol. The molecule has 0 amide bonds. The minimum atomic E-state index is -0.213. The Balaban J connectivity index is 2.51. The second-order valence-corrected chi connectivity index (χ2v) is 4.36. The molecule has 1 saturated carbocycles. The van der Waals surface area contributed by atoms with Gasteiger partial charge in [0.2, 0.25) is 0 Å². The van der Waals surface area contributed by atoms with Crippen molar-refractivity contribution in [3.05, 3.63) is 23.8 Å². The number of benzene rings is 1. The highest BCUT2D eigenvalue weighted by atomic mass is 16.3. The second-order valence-electron chi connectivity index (χ2n) is 4.36. The first-order chi connectivity index (χ1) is 7.19. The van der Waals surface area contributed by atoms with E-state index in [0.29, 0.717) is 12.1 Å². The monoisotopic (exact) mass is 207 g/mol. The number of hydrogen-bond donors (Lipinski definition) is 3. The van der Waals surface area contributed by atoms with Gasteiger partial charge < -0.3 is 15.9 Å². The summed E-state index contributed by atoms with van der Waals surface area (Å²) >= 11 is 0. The minimum absolute atomic E-state index is 0.169. The first kappa shape index (κ1) is 10.3. The fourth-order valence-corrected chi connectivity index (χ4v) is 2.68. The van der Waals surface area contributed by atoms with Crippen LogP contribution in [0.25, 0.3) is 0 Å². The molecule has 2 rings (SSSR count). The molecule has 1 aromatic rings. The quantitative estimate of drug-likeness (QED) is 0.693. The van der Waals surface area contributed by atoms with Gasteiger partial charge >= 0.3 is 0 Å². The zero-order chi connectivity index (χ0) is 10.9. The van der Waals surface area contributed by atoms with Gasteiger partial charge in [-0.25, -0.2) is 0 Å². The van der Waals surface area contributed by atoms with Gasteiger partial charge in [-0.05, 0) is 25.0 Å². The Kier molecular flexibility index (Phi) is 2.57. The molecule has 0 bridgehead atoms. The summed E-state index contributed by atoms with van der Waals surface area (Å²) in [4.78, 5) is 0. The van der Waals surface area contributed by atoms with Crippen LogP contribution in [0.2, 0.25) is 0 Å². The molecule has 0 atom stereocenters. The van der Waals surface area contributed by atoms with Crippen LogP contribution in [0.5, 0.6) is 11.5 Å². The number of hydrogen-bond acceptors (Lipinski definition) is 3. The molecule has 0 heterocycles.